The van der Waals surface area contributed by atoms with Gasteiger partial charge in [0.15, 0.2) is 6.73 Å². The number of aromatic hydroxyl groups is 1. The quantitative estimate of drug-likeness (QED) is 0.125. The molecule has 0 unspecified atom stereocenters. The van der Waals surface area contributed by atoms with Crippen LogP contribution in [-0.2, 0) is 35.9 Å². The van der Waals surface area contributed by atoms with Gasteiger partial charge in [0.25, 0.3) is 0 Å². The van der Waals surface area contributed by atoms with Crippen molar-refractivity contribution in [1.82, 2.24) is 10.6 Å². The Balaban J connectivity index is 0.00000423. The van der Waals surface area contributed by atoms with Crippen LogP contribution in [0.2, 0.25) is 0 Å². The smallest absolute Gasteiger partial charge is 0.748 e. The summed E-state index contributed by atoms with van der Waals surface area (Å²) in [6, 6.07) is 21.1. The van der Waals surface area contributed by atoms with Crippen LogP contribution in [0.4, 0.5) is 0 Å². The van der Waals surface area contributed by atoms with Gasteiger partial charge in [0, 0.05) is 31.0 Å². The number of aliphatic hydroxyl groups is 1. The van der Waals surface area contributed by atoms with Gasteiger partial charge in [-0.2, -0.15) is 4.99 Å². The predicted molar refractivity (Wildman–Crippen MR) is 159 cm³/mol. The van der Waals surface area contributed by atoms with Crippen molar-refractivity contribution in [1.29, 1.82) is 0 Å². The third-order valence-electron chi connectivity index (χ3n) is 7.25. The molecule has 0 aliphatic carbocycles. The minimum atomic E-state index is -4.59. The van der Waals surface area contributed by atoms with Gasteiger partial charge in [0.05, 0.1) is 21.5 Å². The first kappa shape index (κ1) is 32.6. The summed E-state index contributed by atoms with van der Waals surface area (Å²) >= 11 is 0. The number of rotatable bonds is 8. The van der Waals surface area contributed by atoms with Crippen molar-refractivity contribution in [2.75, 3.05) is 6.73 Å². The summed E-state index contributed by atoms with van der Waals surface area (Å²) in [6.45, 7) is 0.768. The molecule has 2 aliphatic rings. The molecule has 2 atom stereocenters. The summed E-state index contributed by atoms with van der Waals surface area (Å²) in [5.41, 5.74) is 5.45. The number of hydrogen-bond donors (Lipinski definition) is 4. The number of hydrogen-bond acceptors (Lipinski definition) is 9. The fraction of sp³-hybridized carbons (Fsp3) is 0.281. The minimum absolute atomic E-state index is 0. The van der Waals surface area contributed by atoms with Crippen LogP contribution < -0.4 is 44.9 Å². The average Bonchev–Trinajstić information content (AvgIpc) is 2.96. The van der Waals surface area contributed by atoms with Crippen LogP contribution in [0.15, 0.2) is 77.8 Å². The Bertz CT molecular complexity index is 1660. The molecule has 3 aromatic rings. The van der Waals surface area contributed by atoms with E-state index in [1.165, 1.54) is 24.3 Å². The first-order valence-electron chi connectivity index (χ1n) is 13.7. The molecule has 3 aromatic carbocycles. The van der Waals surface area contributed by atoms with Gasteiger partial charge in [-0.05, 0) is 59.2 Å². The molecule has 11 heteroatoms. The van der Waals surface area contributed by atoms with E-state index in [0.29, 0.717) is 37.3 Å². The number of benzene rings is 3. The van der Waals surface area contributed by atoms with E-state index in [0.717, 1.165) is 33.6 Å². The van der Waals surface area contributed by atoms with Crippen molar-refractivity contribution in [2.45, 2.75) is 50.0 Å². The number of aliphatic hydroxyl groups excluding tert-OH is 1. The molecule has 0 radical (unpaired) electrons. The Morgan fingerprint density at radius 1 is 1.07 bits per heavy atom. The van der Waals surface area contributed by atoms with Gasteiger partial charge < -0.3 is 30.1 Å². The molecule has 0 spiro atoms. The van der Waals surface area contributed by atoms with Gasteiger partial charge in [0.2, 0.25) is 5.96 Å². The van der Waals surface area contributed by atoms with Gasteiger partial charge in [-0.1, -0.05) is 66.6 Å². The van der Waals surface area contributed by atoms with E-state index >= 15 is 0 Å². The van der Waals surface area contributed by atoms with E-state index in [-0.39, 0.29) is 54.9 Å². The molecule has 4 bridgehead atoms. The Kier molecular flexibility index (Phi) is 11.3. The molecule has 0 saturated carbocycles. The molecule has 43 heavy (non-hydrogen) atoms. The number of aryl methyl sites for hydroxylation is 1. The summed E-state index contributed by atoms with van der Waals surface area (Å²) < 4.78 is 42.6. The van der Waals surface area contributed by atoms with E-state index in [1.54, 1.807) is 12.1 Å². The van der Waals surface area contributed by atoms with Crippen molar-refractivity contribution >= 4 is 16.1 Å². The Morgan fingerprint density at radius 3 is 2.63 bits per heavy atom. The molecule has 218 valence electrons. The molecule has 0 aromatic heterocycles. The predicted octanol–water partition coefficient (Wildman–Crippen LogP) is 0.415. The Labute approximate surface area is 274 Å². The molecule has 0 saturated heterocycles. The number of guanidine groups is 1. The number of ether oxygens (including phenoxy) is 1. The van der Waals surface area contributed by atoms with Crippen molar-refractivity contribution in [3.8, 4) is 23.5 Å². The van der Waals surface area contributed by atoms with Gasteiger partial charge in [-0.15, -0.1) is 0 Å². The average molecular weight is 610 g/mol. The van der Waals surface area contributed by atoms with Crippen LogP contribution >= 0.6 is 0 Å². The minimum Gasteiger partial charge on any atom is -0.748 e. The summed E-state index contributed by atoms with van der Waals surface area (Å²) in [4.78, 5) is 4.30. The standard InChI is InChI=1S/C32H33N3O6S.Na/c36-28-12-10-25(11-13-28)30(37)8-2-7-29(42(38,39)40)14-9-23-17-26-6-3-15-33-32-34-20-24-5-1-4-22(16-24)18-27(19-23)31(26)41-21-35-32;/h1-2,4-5,8,10-13,16-17,19,29-30,36-37H,6-7,9,14,18,20-21H2,(H2,33,34,35)(H,38,39,40);/q;+1/p-1/b8-2+;/t29-,30+;/m0./s1. The van der Waals surface area contributed by atoms with E-state index in [1.807, 2.05) is 24.3 Å². The third-order valence-corrected chi connectivity index (χ3v) is 8.49. The second-order valence-electron chi connectivity index (χ2n) is 10.3. The summed E-state index contributed by atoms with van der Waals surface area (Å²) in [5, 5.41) is 25.1. The van der Waals surface area contributed by atoms with E-state index in [4.69, 9.17) is 4.74 Å². The van der Waals surface area contributed by atoms with Gasteiger partial charge >= 0.3 is 29.6 Å². The van der Waals surface area contributed by atoms with Crippen LogP contribution in [0.1, 0.15) is 52.3 Å². The maximum Gasteiger partial charge on any atom is 1.00 e. The van der Waals surface area contributed by atoms with Gasteiger partial charge in [-0.3, -0.25) is 0 Å². The molecule has 0 fully saturated rings. The number of phenolic OH excluding ortho intramolecular Hbond substituents is 1. The molecule has 9 nitrogen and oxygen atoms in total. The molecule has 5 rings (SSSR count). The summed E-state index contributed by atoms with van der Waals surface area (Å²) in [7, 11) is -4.59. The zero-order chi connectivity index (χ0) is 29.5. The van der Waals surface area contributed by atoms with Crippen LogP contribution in [0, 0.1) is 12.0 Å². The van der Waals surface area contributed by atoms with E-state index in [9.17, 15) is 23.2 Å². The fourth-order valence-electron chi connectivity index (χ4n) is 5.07. The monoisotopic (exact) mass is 609 g/mol. The molecule has 0 amide bonds. The zero-order valence-electron chi connectivity index (χ0n) is 23.9. The molecular formula is C32H32N3NaO6S. The summed E-state index contributed by atoms with van der Waals surface area (Å²) in [6.07, 6.45) is 3.44. The number of allylic oxidation sites excluding steroid dienone is 1. The number of aliphatic imine (C=N–C) groups is 1. The first-order chi connectivity index (χ1) is 20.2. The molecular weight excluding hydrogens is 577 g/mol. The maximum atomic E-state index is 12.2. The fourth-order valence-corrected chi connectivity index (χ4v) is 5.83. The summed E-state index contributed by atoms with van der Waals surface area (Å²) in [5.74, 6) is 4.41. The van der Waals surface area contributed by atoms with Gasteiger partial charge in [-0.25, -0.2) is 8.42 Å². The first-order valence-corrected chi connectivity index (χ1v) is 15.2. The second-order valence-corrected chi connectivity index (χ2v) is 12.0. The second kappa shape index (κ2) is 14.9. The van der Waals surface area contributed by atoms with Crippen molar-refractivity contribution in [2.24, 2.45) is 4.99 Å². The van der Waals surface area contributed by atoms with Crippen LogP contribution in [-0.4, -0.2) is 41.1 Å². The Hall–Kier alpha value is -3.30. The van der Waals surface area contributed by atoms with Crippen molar-refractivity contribution < 1.29 is 57.5 Å². The zero-order valence-corrected chi connectivity index (χ0v) is 26.7. The van der Waals surface area contributed by atoms with E-state index < -0.39 is 21.5 Å². The normalized spacial score (nSPS) is 15.6. The maximum absolute atomic E-state index is 12.2. The number of fused-ring (bicyclic) bond motifs is 5. The SMILES string of the molecule is O=S(=O)([O-])[C@@H](C/C=C/[C@@H](O)c1ccc(O)cc1)CCc1cc2c3c(c1)Cc1cccc(c1)CNC(=NC#CC2)NCO3.[Na+]. The number of nitrogens with one attached hydrogen (secondary N) is 2. The van der Waals surface area contributed by atoms with E-state index in [2.05, 4.69) is 39.7 Å². The van der Waals surface area contributed by atoms with Gasteiger partial charge in [0.1, 0.15) is 11.5 Å². The topological polar surface area (TPSA) is 143 Å². The largest absolute Gasteiger partial charge is 1.00 e. The third kappa shape index (κ3) is 9.10. The Morgan fingerprint density at radius 2 is 1.84 bits per heavy atom. The molecule has 2 heterocycles. The molecule has 4 N–H and O–H groups in total. The number of phenols is 1. The van der Waals surface area contributed by atoms with Crippen LogP contribution in [0.3, 0.4) is 0 Å². The number of nitrogens with zero attached hydrogens (tertiary/aromatic N) is 1. The molecule has 2 aliphatic heterocycles. The van der Waals surface area contributed by atoms with Crippen LogP contribution in [0.25, 0.3) is 0 Å². The van der Waals surface area contributed by atoms with Crippen molar-refractivity contribution in [3.05, 3.63) is 106 Å². The van der Waals surface area contributed by atoms with Crippen molar-refractivity contribution in [3.63, 3.8) is 0 Å². The van der Waals surface area contributed by atoms with Crippen LogP contribution in [0.5, 0.6) is 11.5 Å².